The largest absolute Gasteiger partial charge is 0.140 e. The Balaban J connectivity index is 1.63. The predicted octanol–water partition coefficient (Wildman–Crippen LogP) is 6.90. The molecule has 0 radical (unpaired) electrons. The van der Waals surface area contributed by atoms with Crippen LogP contribution in [-0.4, -0.2) is 7.85 Å². The molecular formula is C31H27B. The van der Waals surface area contributed by atoms with E-state index in [1.807, 2.05) is 12.2 Å². The van der Waals surface area contributed by atoms with Crippen molar-refractivity contribution in [2.45, 2.75) is 19.8 Å². The minimum atomic E-state index is 1.10. The highest BCUT2D eigenvalue weighted by atomic mass is 14.2. The molecule has 0 atom stereocenters. The zero-order valence-electron chi connectivity index (χ0n) is 18.9. The van der Waals surface area contributed by atoms with Gasteiger partial charge in [0.25, 0.3) is 0 Å². The molecule has 154 valence electrons. The Morgan fingerprint density at radius 1 is 0.875 bits per heavy atom. The van der Waals surface area contributed by atoms with E-state index in [0.717, 1.165) is 12.8 Å². The first-order valence-electron chi connectivity index (χ1n) is 11.4. The van der Waals surface area contributed by atoms with Gasteiger partial charge in [-0.3, -0.25) is 0 Å². The number of rotatable bonds is 4. The van der Waals surface area contributed by atoms with E-state index in [1.54, 1.807) is 0 Å². The van der Waals surface area contributed by atoms with Crippen LogP contribution in [0.4, 0.5) is 0 Å². The zero-order chi connectivity index (χ0) is 22.1. The maximum absolute atomic E-state index is 3.79. The Morgan fingerprint density at radius 2 is 1.59 bits per heavy atom. The van der Waals surface area contributed by atoms with Crippen molar-refractivity contribution in [3.05, 3.63) is 114 Å². The third kappa shape index (κ3) is 3.54. The summed E-state index contributed by atoms with van der Waals surface area (Å²) in [6.45, 7) is 5.94. The molecule has 0 fully saturated rings. The van der Waals surface area contributed by atoms with Gasteiger partial charge < -0.3 is 0 Å². The van der Waals surface area contributed by atoms with Crippen LogP contribution in [0.15, 0.2) is 91.5 Å². The van der Waals surface area contributed by atoms with Crippen molar-refractivity contribution in [2.24, 2.45) is 0 Å². The van der Waals surface area contributed by atoms with Crippen molar-refractivity contribution in [1.82, 2.24) is 0 Å². The van der Waals surface area contributed by atoms with Crippen LogP contribution in [0.25, 0.3) is 45.2 Å². The molecular weight excluding hydrogens is 383 g/mol. The van der Waals surface area contributed by atoms with Gasteiger partial charge in [-0.25, -0.2) is 0 Å². The molecule has 0 heterocycles. The Kier molecular flexibility index (Phi) is 5.41. The lowest BCUT2D eigenvalue weighted by atomic mass is 9.76. The van der Waals surface area contributed by atoms with Crippen LogP contribution in [0.2, 0.25) is 0 Å². The summed E-state index contributed by atoms with van der Waals surface area (Å²) in [5, 5.41) is 2.72. The normalized spacial score (nSPS) is 12.9. The summed E-state index contributed by atoms with van der Waals surface area (Å²) < 4.78 is 0. The average molecular weight is 410 g/mol. The number of hydrogen-bond acceptors (Lipinski definition) is 0. The molecule has 0 bridgehead atoms. The smallest absolute Gasteiger partial charge is 0.0991 e. The Hall–Kier alpha value is -3.58. The average Bonchev–Trinajstić information content (AvgIpc) is 2.84. The van der Waals surface area contributed by atoms with E-state index >= 15 is 0 Å². The van der Waals surface area contributed by atoms with Crippen LogP contribution in [-0.2, 0) is 6.42 Å². The van der Waals surface area contributed by atoms with E-state index in [0.29, 0.717) is 0 Å². The molecule has 5 rings (SSSR count). The van der Waals surface area contributed by atoms with Crippen molar-refractivity contribution in [2.75, 3.05) is 0 Å². The molecule has 1 aliphatic carbocycles. The van der Waals surface area contributed by atoms with Crippen molar-refractivity contribution >= 4 is 36.2 Å². The van der Waals surface area contributed by atoms with Crippen LogP contribution in [0.3, 0.4) is 0 Å². The van der Waals surface area contributed by atoms with Crippen molar-refractivity contribution < 1.29 is 0 Å². The second-order valence-electron chi connectivity index (χ2n) is 8.62. The molecule has 0 amide bonds. The number of hydrogen-bond donors (Lipinski definition) is 0. The van der Waals surface area contributed by atoms with E-state index in [2.05, 4.69) is 106 Å². The van der Waals surface area contributed by atoms with Crippen molar-refractivity contribution in [3.63, 3.8) is 0 Å². The van der Waals surface area contributed by atoms with Gasteiger partial charge in [0, 0.05) is 0 Å². The second kappa shape index (κ2) is 8.51. The lowest BCUT2D eigenvalue weighted by Gasteiger charge is -2.22. The van der Waals surface area contributed by atoms with Gasteiger partial charge in [-0.1, -0.05) is 103 Å². The summed E-state index contributed by atoms with van der Waals surface area (Å²) in [6, 6.07) is 24.6. The van der Waals surface area contributed by atoms with Gasteiger partial charge in [-0.05, 0) is 81.1 Å². The van der Waals surface area contributed by atoms with E-state index in [4.69, 9.17) is 0 Å². The molecule has 0 aliphatic heterocycles. The van der Waals surface area contributed by atoms with Crippen LogP contribution < -0.4 is 5.46 Å². The highest BCUT2D eigenvalue weighted by Crippen LogP contribution is 2.37. The molecule has 4 aromatic rings. The van der Waals surface area contributed by atoms with Crippen molar-refractivity contribution in [3.8, 4) is 22.3 Å². The molecule has 0 nitrogen and oxygen atoms in total. The lowest BCUT2D eigenvalue weighted by molar-refractivity contribution is 0.993. The van der Waals surface area contributed by atoms with Gasteiger partial charge in [0.05, 0.1) is 0 Å². The summed E-state index contributed by atoms with van der Waals surface area (Å²) in [5.74, 6) is 0. The topological polar surface area (TPSA) is 0 Å². The fourth-order valence-corrected chi connectivity index (χ4v) is 4.94. The number of fused-ring (bicyclic) bond motifs is 2. The molecule has 4 aromatic carbocycles. The highest BCUT2D eigenvalue weighted by Gasteiger charge is 2.18. The van der Waals surface area contributed by atoms with E-state index in [-0.39, 0.29) is 0 Å². The third-order valence-corrected chi connectivity index (χ3v) is 6.67. The molecule has 1 aliphatic rings. The van der Waals surface area contributed by atoms with Crippen LogP contribution >= 0.6 is 0 Å². The van der Waals surface area contributed by atoms with Crippen LogP contribution in [0, 0.1) is 6.92 Å². The lowest BCUT2D eigenvalue weighted by Crippen LogP contribution is -2.15. The number of allylic oxidation sites excluding steroid dienone is 3. The van der Waals surface area contributed by atoms with E-state index in [9.17, 15) is 0 Å². The predicted molar refractivity (Wildman–Crippen MR) is 144 cm³/mol. The highest BCUT2D eigenvalue weighted by molar-refractivity contribution is 6.41. The maximum Gasteiger partial charge on any atom is 0.140 e. The summed E-state index contributed by atoms with van der Waals surface area (Å²) in [7, 11) is 2.26. The molecule has 0 unspecified atom stereocenters. The molecule has 1 heteroatoms. The molecule has 0 aromatic heterocycles. The van der Waals surface area contributed by atoms with Gasteiger partial charge in [0.1, 0.15) is 7.85 Å². The first kappa shape index (κ1) is 20.3. The quantitative estimate of drug-likeness (QED) is 0.254. The molecule has 0 saturated heterocycles. The Morgan fingerprint density at radius 3 is 2.38 bits per heavy atom. The Labute approximate surface area is 192 Å². The molecule has 0 saturated carbocycles. The van der Waals surface area contributed by atoms with Gasteiger partial charge in [-0.15, -0.1) is 0 Å². The van der Waals surface area contributed by atoms with Crippen LogP contribution in [0.1, 0.15) is 28.7 Å². The van der Waals surface area contributed by atoms with Gasteiger partial charge in [0.2, 0.25) is 0 Å². The third-order valence-electron chi connectivity index (χ3n) is 6.67. The first-order valence-corrected chi connectivity index (χ1v) is 11.4. The maximum atomic E-state index is 3.79. The van der Waals surface area contributed by atoms with E-state index in [1.165, 1.54) is 60.7 Å². The van der Waals surface area contributed by atoms with Gasteiger partial charge >= 0.3 is 0 Å². The summed E-state index contributed by atoms with van der Waals surface area (Å²) in [6.07, 6.45) is 12.8. The second-order valence-corrected chi connectivity index (χ2v) is 8.62. The number of aryl methyl sites for hydroxylation is 1. The van der Waals surface area contributed by atoms with Gasteiger partial charge in [-0.2, -0.15) is 0 Å². The molecule has 32 heavy (non-hydrogen) atoms. The fraction of sp³-hybridized carbons (Fsp3) is 0.0968. The van der Waals surface area contributed by atoms with Crippen molar-refractivity contribution in [1.29, 1.82) is 0 Å². The molecule has 0 spiro atoms. The van der Waals surface area contributed by atoms with Crippen LogP contribution in [0.5, 0.6) is 0 Å². The summed E-state index contributed by atoms with van der Waals surface area (Å²) >= 11 is 0. The minimum Gasteiger partial charge on any atom is -0.0991 e. The monoisotopic (exact) mass is 410 g/mol. The number of benzene rings is 4. The Bertz CT molecular complexity index is 1380. The minimum absolute atomic E-state index is 1.10. The summed E-state index contributed by atoms with van der Waals surface area (Å²) in [5.41, 5.74) is 12.0. The zero-order valence-corrected chi connectivity index (χ0v) is 18.9. The van der Waals surface area contributed by atoms with Gasteiger partial charge in [0.15, 0.2) is 0 Å². The first-order chi connectivity index (χ1) is 15.7. The SMILES string of the molecule is Bc1c2c(c(-c3ccc(-c4ccc(C)c(/C=C\C=C)c4)cc3)c3ccccc13)CCC=C2. The van der Waals surface area contributed by atoms with E-state index < -0.39 is 0 Å². The fourth-order valence-electron chi connectivity index (χ4n) is 4.94. The summed E-state index contributed by atoms with van der Waals surface area (Å²) in [4.78, 5) is 0. The standard InChI is InChI=1S/C31H27B/c1-3-4-9-24-20-25(15-14-21(24)2)22-16-18-23(19-17-22)30-26-10-5-7-12-28(26)31(32)29-13-8-6-11-27(29)30/h3-5,7-10,12-20H,1,6,11,32H2,2H3/b9-4-. The molecule has 0 N–H and O–H groups in total.